The van der Waals surface area contributed by atoms with E-state index in [1.54, 1.807) is 4.68 Å². The molecule has 1 amide bonds. The van der Waals surface area contributed by atoms with Crippen LogP contribution < -0.4 is 5.32 Å². The lowest BCUT2D eigenvalue weighted by atomic mass is 9.93. The molecule has 2 heterocycles. The molecule has 5 rings (SSSR count). The average Bonchev–Trinajstić information content (AvgIpc) is 3.28. The van der Waals surface area contributed by atoms with E-state index in [0.29, 0.717) is 11.0 Å². The highest BCUT2D eigenvalue weighted by molar-refractivity contribution is 7.99. The van der Waals surface area contributed by atoms with Crippen LogP contribution in [0.3, 0.4) is 0 Å². The van der Waals surface area contributed by atoms with Crippen LogP contribution in [0.25, 0.3) is 5.69 Å². The van der Waals surface area contributed by atoms with Gasteiger partial charge in [-0.25, -0.2) is 4.99 Å². The number of nitrogens with one attached hydrogen (secondary N) is 1. The summed E-state index contributed by atoms with van der Waals surface area (Å²) in [5, 5.41) is 15.4. The fourth-order valence-electron chi connectivity index (χ4n) is 3.75. The Balaban J connectivity index is 1.39. The van der Waals surface area contributed by atoms with Crippen molar-refractivity contribution in [3.63, 3.8) is 0 Å². The Bertz CT molecular complexity index is 1370. The van der Waals surface area contributed by atoms with Gasteiger partial charge in [0.1, 0.15) is 5.84 Å². The Hall–Kier alpha value is -4.11. The number of para-hydroxylation sites is 3. The third-order valence-corrected chi connectivity index (χ3v) is 6.20. The number of benzene rings is 3. The van der Waals surface area contributed by atoms with Gasteiger partial charge in [0, 0.05) is 5.71 Å². The summed E-state index contributed by atoms with van der Waals surface area (Å²) < 4.78 is 1.61. The fraction of sp³-hybridized carbons (Fsp3) is 0.120. The Morgan fingerprint density at radius 2 is 1.56 bits per heavy atom. The second-order valence-corrected chi connectivity index (χ2v) is 8.57. The standard InChI is InChI=1S/C25H21N7OS/c1-17-23(18-10-4-2-5-11-18)24(27-21-15-9-8-14-20(21)26-17)28-22(33)16-34-25-29-30-31-32(25)19-12-6-3-7-13-19/h2-15,23H,16H2,1H3,(H,27,28,33)/t23-/m0/s1. The highest BCUT2D eigenvalue weighted by Crippen LogP contribution is 2.34. The Labute approximate surface area is 200 Å². The molecule has 0 saturated carbocycles. The first-order valence-electron chi connectivity index (χ1n) is 10.7. The van der Waals surface area contributed by atoms with E-state index in [0.717, 1.165) is 28.3 Å². The van der Waals surface area contributed by atoms with Gasteiger partial charge in [-0.2, -0.15) is 4.68 Å². The molecule has 8 nitrogen and oxygen atoms in total. The van der Waals surface area contributed by atoms with Crippen LogP contribution in [0, 0.1) is 0 Å². The predicted molar refractivity (Wildman–Crippen MR) is 134 cm³/mol. The van der Waals surface area contributed by atoms with Gasteiger partial charge >= 0.3 is 0 Å². The molecule has 0 aliphatic carbocycles. The smallest absolute Gasteiger partial charge is 0.235 e. The van der Waals surface area contributed by atoms with Gasteiger partial charge in [0.25, 0.3) is 0 Å². The third-order valence-electron chi connectivity index (χ3n) is 5.29. The van der Waals surface area contributed by atoms with Crippen molar-refractivity contribution in [2.75, 3.05) is 5.75 Å². The highest BCUT2D eigenvalue weighted by Gasteiger charge is 2.26. The highest BCUT2D eigenvalue weighted by atomic mass is 32.2. The molecular formula is C25H21N7OS. The Morgan fingerprint density at radius 3 is 2.29 bits per heavy atom. The van der Waals surface area contributed by atoms with E-state index in [-0.39, 0.29) is 17.6 Å². The number of nitrogens with zero attached hydrogens (tertiary/aromatic N) is 6. The van der Waals surface area contributed by atoms with Crippen LogP contribution in [-0.4, -0.2) is 43.4 Å². The van der Waals surface area contributed by atoms with Gasteiger partial charge in [-0.3, -0.25) is 9.79 Å². The van der Waals surface area contributed by atoms with Crippen LogP contribution in [0.2, 0.25) is 0 Å². The number of carbonyl (C=O) groups excluding carboxylic acids is 1. The van der Waals surface area contributed by atoms with E-state index in [1.807, 2.05) is 91.9 Å². The van der Waals surface area contributed by atoms with Crippen molar-refractivity contribution in [2.45, 2.75) is 18.0 Å². The number of amidine groups is 1. The van der Waals surface area contributed by atoms with E-state index >= 15 is 0 Å². The van der Waals surface area contributed by atoms with Crippen molar-refractivity contribution in [1.82, 2.24) is 25.5 Å². The molecule has 0 fully saturated rings. The first kappa shape index (κ1) is 21.7. The van der Waals surface area contributed by atoms with Gasteiger partial charge in [0.2, 0.25) is 11.1 Å². The van der Waals surface area contributed by atoms with Crippen molar-refractivity contribution in [2.24, 2.45) is 9.98 Å². The third kappa shape index (κ3) is 4.65. The van der Waals surface area contributed by atoms with Gasteiger partial charge in [0.15, 0.2) is 0 Å². The maximum absolute atomic E-state index is 13.0. The second kappa shape index (κ2) is 9.80. The van der Waals surface area contributed by atoms with E-state index in [9.17, 15) is 4.79 Å². The minimum absolute atomic E-state index is 0.131. The molecule has 1 atom stereocenters. The van der Waals surface area contributed by atoms with Gasteiger partial charge in [-0.15, -0.1) is 5.10 Å². The second-order valence-electron chi connectivity index (χ2n) is 7.63. The van der Waals surface area contributed by atoms with E-state index in [4.69, 9.17) is 9.98 Å². The molecule has 4 aromatic rings. The van der Waals surface area contributed by atoms with Gasteiger partial charge in [-0.05, 0) is 47.2 Å². The minimum Gasteiger partial charge on any atom is -0.313 e. The summed E-state index contributed by atoms with van der Waals surface area (Å²) in [5.41, 5.74) is 4.20. The normalized spacial score (nSPS) is 15.0. The summed E-state index contributed by atoms with van der Waals surface area (Å²) in [6.45, 7) is 1.96. The number of carbonyl (C=O) groups is 1. The zero-order valence-electron chi connectivity index (χ0n) is 18.4. The van der Waals surface area contributed by atoms with Crippen LogP contribution in [-0.2, 0) is 4.79 Å². The maximum atomic E-state index is 13.0. The lowest BCUT2D eigenvalue weighted by Gasteiger charge is -2.19. The van der Waals surface area contributed by atoms with Crippen molar-refractivity contribution in [1.29, 1.82) is 0 Å². The van der Waals surface area contributed by atoms with Crippen LogP contribution in [0.15, 0.2) is 100 Å². The Morgan fingerprint density at radius 1 is 0.912 bits per heavy atom. The zero-order valence-corrected chi connectivity index (χ0v) is 19.2. The molecule has 1 aliphatic rings. The molecule has 34 heavy (non-hydrogen) atoms. The lowest BCUT2D eigenvalue weighted by molar-refractivity contribution is -0.117. The molecule has 3 aromatic carbocycles. The first-order chi connectivity index (χ1) is 16.7. The van der Waals surface area contributed by atoms with E-state index in [2.05, 4.69) is 20.8 Å². The molecular weight excluding hydrogens is 446 g/mol. The van der Waals surface area contributed by atoms with Crippen molar-refractivity contribution in [3.05, 3.63) is 90.5 Å². The molecule has 0 radical (unpaired) electrons. The molecule has 0 spiro atoms. The van der Waals surface area contributed by atoms with Crippen LogP contribution in [0.4, 0.5) is 11.4 Å². The number of hydrogen-bond acceptors (Lipinski definition) is 7. The molecule has 1 aliphatic heterocycles. The number of rotatable bonds is 5. The summed E-state index contributed by atoms with van der Waals surface area (Å²) >= 11 is 1.26. The number of hydrogen-bond donors (Lipinski definition) is 1. The number of aliphatic imine (C=N–C) groups is 2. The molecule has 1 aromatic heterocycles. The fourth-order valence-corrected chi connectivity index (χ4v) is 4.44. The summed E-state index contributed by atoms with van der Waals surface area (Å²) in [7, 11) is 0. The van der Waals surface area contributed by atoms with Crippen molar-refractivity contribution >= 4 is 40.6 Å². The number of amides is 1. The average molecular weight is 468 g/mol. The summed E-state index contributed by atoms with van der Waals surface area (Å²) in [6, 6.07) is 27.2. The van der Waals surface area contributed by atoms with Crippen LogP contribution >= 0.6 is 11.8 Å². The monoisotopic (exact) mass is 467 g/mol. The lowest BCUT2D eigenvalue weighted by Crippen LogP contribution is -2.38. The van der Waals surface area contributed by atoms with Crippen LogP contribution in [0.5, 0.6) is 0 Å². The Kier molecular flexibility index (Phi) is 6.26. The number of aromatic nitrogens is 4. The number of thioether (sulfide) groups is 1. The largest absolute Gasteiger partial charge is 0.313 e. The molecule has 168 valence electrons. The molecule has 0 bridgehead atoms. The predicted octanol–water partition coefficient (Wildman–Crippen LogP) is 4.49. The topological polar surface area (TPSA) is 97.4 Å². The number of fused-ring (bicyclic) bond motifs is 1. The van der Waals surface area contributed by atoms with Gasteiger partial charge in [0.05, 0.1) is 28.7 Å². The summed E-state index contributed by atoms with van der Waals surface area (Å²) in [6.07, 6.45) is 0. The SMILES string of the molecule is CC1=Nc2ccccc2N=C(NC(=O)CSc2nnnn2-c2ccccc2)[C@@H]1c1ccccc1. The molecule has 0 unspecified atom stereocenters. The van der Waals surface area contributed by atoms with E-state index in [1.165, 1.54) is 11.8 Å². The van der Waals surface area contributed by atoms with Crippen molar-refractivity contribution in [3.8, 4) is 5.69 Å². The van der Waals surface area contributed by atoms with Crippen molar-refractivity contribution < 1.29 is 4.79 Å². The molecule has 0 saturated heterocycles. The van der Waals surface area contributed by atoms with Crippen LogP contribution in [0.1, 0.15) is 18.4 Å². The van der Waals surface area contributed by atoms with E-state index < -0.39 is 0 Å². The molecule has 1 N–H and O–H groups in total. The number of tetrazole rings is 1. The summed E-state index contributed by atoms with van der Waals surface area (Å²) in [4.78, 5) is 22.6. The zero-order chi connectivity index (χ0) is 23.3. The molecule has 9 heteroatoms. The minimum atomic E-state index is -0.266. The van der Waals surface area contributed by atoms with Gasteiger partial charge in [-0.1, -0.05) is 72.4 Å². The quantitative estimate of drug-likeness (QED) is 0.436. The summed E-state index contributed by atoms with van der Waals surface area (Å²) in [5.74, 6) is 0.216. The first-order valence-corrected chi connectivity index (χ1v) is 11.7. The maximum Gasteiger partial charge on any atom is 0.235 e. The van der Waals surface area contributed by atoms with Gasteiger partial charge < -0.3 is 5.32 Å².